The fourth-order valence-corrected chi connectivity index (χ4v) is 0.962. The molecule has 0 aliphatic carbocycles. The van der Waals surface area contributed by atoms with Crippen molar-refractivity contribution in [2.24, 2.45) is 0 Å². The molecule has 52 valence electrons. The molecular formula is C8H8ClN. The van der Waals surface area contributed by atoms with Crippen LogP contribution in [0.4, 0.5) is 0 Å². The zero-order chi connectivity index (χ0) is 7.56. The Balaban J connectivity index is 3.27. The minimum Gasteiger partial charge on any atom is -0.308 e. The maximum Gasteiger partial charge on any atom is 0.0441 e. The second-order valence-corrected chi connectivity index (χ2v) is 2.51. The SMILES string of the molecule is Cc1c(Cl)cccc1C=N. The first-order valence-electron chi connectivity index (χ1n) is 3.01. The Morgan fingerprint density at radius 1 is 1.50 bits per heavy atom. The van der Waals surface area contributed by atoms with Crippen LogP contribution in [0.2, 0.25) is 5.02 Å². The molecule has 0 unspecified atom stereocenters. The molecule has 1 aromatic carbocycles. The van der Waals surface area contributed by atoms with Gasteiger partial charge in [0.15, 0.2) is 0 Å². The van der Waals surface area contributed by atoms with E-state index in [1.54, 1.807) is 0 Å². The summed E-state index contributed by atoms with van der Waals surface area (Å²) in [5.74, 6) is 0. The van der Waals surface area contributed by atoms with Gasteiger partial charge in [0.25, 0.3) is 0 Å². The van der Waals surface area contributed by atoms with E-state index in [-0.39, 0.29) is 0 Å². The lowest BCUT2D eigenvalue weighted by molar-refractivity contribution is 1.43. The Bertz CT molecular complexity index is 255. The molecule has 0 aromatic heterocycles. The van der Waals surface area contributed by atoms with Crippen LogP contribution in [0.15, 0.2) is 18.2 Å². The van der Waals surface area contributed by atoms with E-state index in [1.807, 2.05) is 25.1 Å². The van der Waals surface area contributed by atoms with Crippen LogP contribution in [-0.4, -0.2) is 6.21 Å². The Morgan fingerprint density at radius 2 is 2.20 bits per heavy atom. The van der Waals surface area contributed by atoms with Crippen LogP contribution in [0.1, 0.15) is 11.1 Å². The first-order valence-corrected chi connectivity index (χ1v) is 3.39. The predicted octanol–water partition coefficient (Wildman–Crippen LogP) is 2.65. The van der Waals surface area contributed by atoms with E-state index in [4.69, 9.17) is 17.0 Å². The molecule has 0 spiro atoms. The molecule has 0 aliphatic heterocycles. The van der Waals surface area contributed by atoms with Gasteiger partial charge in [-0.05, 0) is 24.1 Å². The van der Waals surface area contributed by atoms with E-state index in [9.17, 15) is 0 Å². The van der Waals surface area contributed by atoms with Crippen molar-refractivity contribution in [2.45, 2.75) is 6.92 Å². The molecule has 10 heavy (non-hydrogen) atoms. The summed E-state index contributed by atoms with van der Waals surface area (Å²) in [5.41, 5.74) is 1.85. The van der Waals surface area contributed by atoms with E-state index < -0.39 is 0 Å². The largest absolute Gasteiger partial charge is 0.308 e. The second kappa shape index (κ2) is 2.84. The molecule has 0 radical (unpaired) electrons. The van der Waals surface area contributed by atoms with Crippen molar-refractivity contribution in [3.05, 3.63) is 34.3 Å². The smallest absolute Gasteiger partial charge is 0.0441 e. The number of hydrogen-bond donors (Lipinski definition) is 1. The maximum absolute atomic E-state index is 7.00. The zero-order valence-electron chi connectivity index (χ0n) is 5.69. The van der Waals surface area contributed by atoms with Gasteiger partial charge in [-0.3, -0.25) is 0 Å². The average Bonchev–Trinajstić information content (AvgIpc) is 1.95. The average molecular weight is 154 g/mol. The molecule has 0 bridgehead atoms. The number of hydrogen-bond acceptors (Lipinski definition) is 1. The first kappa shape index (κ1) is 7.29. The van der Waals surface area contributed by atoms with E-state index in [1.165, 1.54) is 6.21 Å². The highest BCUT2D eigenvalue weighted by atomic mass is 35.5. The standard InChI is InChI=1S/C8H8ClN/c1-6-7(5-10)3-2-4-8(6)9/h2-5,10H,1H3. The zero-order valence-corrected chi connectivity index (χ0v) is 6.44. The van der Waals surface area contributed by atoms with Crippen molar-refractivity contribution in [1.29, 1.82) is 5.41 Å². The summed E-state index contributed by atoms with van der Waals surface area (Å²) >= 11 is 5.79. The van der Waals surface area contributed by atoms with Gasteiger partial charge in [-0.15, -0.1) is 0 Å². The van der Waals surface area contributed by atoms with E-state index in [0.29, 0.717) is 0 Å². The molecule has 1 nitrogen and oxygen atoms in total. The molecule has 0 atom stereocenters. The van der Waals surface area contributed by atoms with Gasteiger partial charge in [-0.1, -0.05) is 23.7 Å². The lowest BCUT2D eigenvalue weighted by Gasteiger charge is -1.99. The van der Waals surface area contributed by atoms with Crippen molar-refractivity contribution in [3.8, 4) is 0 Å². The lowest BCUT2D eigenvalue weighted by Crippen LogP contribution is -1.85. The third-order valence-corrected chi connectivity index (χ3v) is 1.87. The summed E-state index contributed by atoms with van der Waals surface area (Å²) in [5, 5.41) is 7.72. The van der Waals surface area contributed by atoms with Crippen LogP contribution < -0.4 is 0 Å². The van der Waals surface area contributed by atoms with Gasteiger partial charge in [0.2, 0.25) is 0 Å². The monoisotopic (exact) mass is 153 g/mol. The summed E-state index contributed by atoms with van der Waals surface area (Å²) in [6, 6.07) is 5.54. The minimum atomic E-state index is 0.723. The van der Waals surface area contributed by atoms with Gasteiger partial charge in [0.05, 0.1) is 0 Å². The highest BCUT2D eigenvalue weighted by Crippen LogP contribution is 2.16. The van der Waals surface area contributed by atoms with Gasteiger partial charge in [0, 0.05) is 11.2 Å². The number of rotatable bonds is 1. The fraction of sp³-hybridized carbons (Fsp3) is 0.125. The number of benzene rings is 1. The third-order valence-electron chi connectivity index (χ3n) is 1.47. The first-order chi connectivity index (χ1) is 4.75. The van der Waals surface area contributed by atoms with Crippen molar-refractivity contribution >= 4 is 17.8 Å². The highest BCUT2D eigenvalue weighted by molar-refractivity contribution is 6.31. The molecule has 1 aromatic rings. The van der Waals surface area contributed by atoms with Gasteiger partial charge in [-0.2, -0.15) is 0 Å². The molecule has 0 aliphatic rings. The number of halogens is 1. The summed E-state index contributed by atoms with van der Waals surface area (Å²) in [6.07, 6.45) is 1.31. The van der Waals surface area contributed by atoms with E-state index in [0.717, 1.165) is 16.1 Å². The van der Waals surface area contributed by atoms with Crippen molar-refractivity contribution in [3.63, 3.8) is 0 Å². The summed E-state index contributed by atoms with van der Waals surface area (Å²) in [7, 11) is 0. The second-order valence-electron chi connectivity index (χ2n) is 2.10. The molecule has 0 saturated heterocycles. The van der Waals surface area contributed by atoms with Crippen LogP contribution in [0.3, 0.4) is 0 Å². The maximum atomic E-state index is 7.00. The van der Waals surface area contributed by atoms with Gasteiger partial charge < -0.3 is 5.41 Å². The molecule has 0 heterocycles. The summed E-state index contributed by atoms with van der Waals surface area (Å²) in [6.45, 7) is 1.91. The van der Waals surface area contributed by atoms with Crippen LogP contribution in [0.5, 0.6) is 0 Å². The Hall–Kier alpha value is -0.820. The van der Waals surface area contributed by atoms with E-state index in [2.05, 4.69) is 0 Å². The van der Waals surface area contributed by atoms with Crippen molar-refractivity contribution in [2.75, 3.05) is 0 Å². The molecule has 0 fully saturated rings. The van der Waals surface area contributed by atoms with Crippen molar-refractivity contribution < 1.29 is 0 Å². The van der Waals surface area contributed by atoms with Crippen molar-refractivity contribution in [1.82, 2.24) is 0 Å². The molecule has 2 heteroatoms. The van der Waals surface area contributed by atoms with Crippen LogP contribution >= 0.6 is 11.6 Å². The van der Waals surface area contributed by atoms with E-state index >= 15 is 0 Å². The summed E-state index contributed by atoms with van der Waals surface area (Å²) < 4.78 is 0. The predicted molar refractivity (Wildman–Crippen MR) is 44.1 cm³/mol. The Kier molecular flexibility index (Phi) is 2.07. The van der Waals surface area contributed by atoms with Gasteiger partial charge in [-0.25, -0.2) is 0 Å². The number of nitrogens with one attached hydrogen (secondary N) is 1. The Labute approximate surface area is 65.1 Å². The summed E-state index contributed by atoms with van der Waals surface area (Å²) in [4.78, 5) is 0. The molecule has 0 saturated carbocycles. The lowest BCUT2D eigenvalue weighted by atomic mass is 10.1. The highest BCUT2D eigenvalue weighted by Gasteiger charge is 1.96. The van der Waals surface area contributed by atoms with Crippen LogP contribution in [-0.2, 0) is 0 Å². The minimum absolute atomic E-state index is 0.723. The normalized spacial score (nSPS) is 9.40. The molecule has 1 N–H and O–H groups in total. The third kappa shape index (κ3) is 1.19. The molecular weight excluding hydrogens is 146 g/mol. The van der Waals surface area contributed by atoms with Gasteiger partial charge >= 0.3 is 0 Å². The topological polar surface area (TPSA) is 23.9 Å². The van der Waals surface area contributed by atoms with Gasteiger partial charge in [0.1, 0.15) is 0 Å². The Morgan fingerprint density at radius 3 is 2.70 bits per heavy atom. The molecule has 0 amide bonds. The fourth-order valence-electron chi connectivity index (χ4n) is 0.781. The van der Waals surface area contributed by atoms with Crippen LogP contribution in [0, 0.1) is 12.3 Å². The van der Waals surface area contributed by atoms with Crippen LogP contribution in [0.25, 0.3) is 0 Å². The molecule has 1 rings (SSSR count). The quantitative estimate of drug-likeness (QED) is 0.600.